The zero-order chi connectivity index (χ0) is 14.7. The van der Waals surface area contributed by atoms with Gasteiger partial charge in [-0.1, -0.05) is 17.7 Å². The van der Waals surface area contributed by atoms with Crippen molar-refractivity contribution in [2.75, 3.05) is 5.32 Å². The molecule has 0 aliphatic heterocycles. The molecule has 3 N–H and O–H groups in total. The van der Waals surface area contributed by atoms with Gasteiger partial charge in [0.15, 0.2) is 0 Å². The number of primary amides is 1. The molecule has 0 aliphatic carbocycles. The normalized spacial score (nSPS) is 10.3. The van der Waals surface area contributed by atoms with Crippen LogP contribution in [-0.4, -0.2) is 5.91 Å². The third-order valence-electron chi connectivity index (χ3n) is 2.92. The minimum absolute atomic E-state index is 0.218. The molecule has 2 rings (SSSR count). The van der Waals surface area contributed by atoms with E-state index in [4.69, 9.17) is 17.3 Å². The second kappa shape index (κ2) is 5.92. The Hall–Kier alpha value is -2.07. The number of carbonyl (C=O) groups excluding carboxylic acids is 1. The standard InChI is InChI=1S/C15H14ClFN2O/c1-9-2-4-12(16)14(6-9)19-8-11-7-10(15(18)20)3-5-13(11)17/h2-7,19H,8H2,1H3,(H2,18,20). The van der Waals surface area contributed by atoms with Crippen LogP contribution < -0.4 is 11.1 Å². The largest absolute Gasteiger partial charge is 0.380 e. The van der Waals surface area contributed by atoms with Crippen molar-refractivity contribution in [2.24, 2.45) is 5.73 Å². The first-order valence-corrected chi connectivity index (χ1v) is 6.43. The molecule has 0 aliphatic rings. The van der Waals surface area contributed by atoms with Crippen molar-refractivity contribution in [1.29, 1.82) is 0 Å². The zero-order valence-corrected chi connectivity index (χ0v) is 11.7. The number of halogens is 2. The van der Waals surface area contributed by atoms with Gasteiger partial charge >= 0.3 is 0 Å². The van der Waals surface area contributed by atoms with E-state index in [1.165, 1.54) is 18.2 Å². The number of carbonyl (C=O) groups is 1. The number of aryl methyl sites for hydroxylation is 1. The third kappa shape index (κ3) is 3.27. The van der Waals surface area contributed by atoms with Crippen LogP contribution >= 0.6 is 11.6 Å². The summed E-state index contributed by atoms with van der Waals surface area (Å²) in [6.07, 6.45) is 0. The van der Waals surface area contributed by atoms with Crippen molar-refractivity contribution in [3.05, 3.63) is 63.9 Å². The summed E-state index contributed by atoms with van der Waals surface area (Å²) < 4.78 is 13.7. The Labute approximate surface area is 121 Å². The molecule has 0 fully saturated rings. The molecule has 0 atom stereocenters. The number of hydrogen-bond donors (Lipinski definition) is 2. The molecule has 0 heterocycles. The van der Waals surface area contributed by atoms with Crippen molar-refractivity contribution in [3.63, 3.8) is 0 Å². The maximum absolute atomic E-state index is 13.7. The Bertz CT molecular complexity index is 658. The fraction of sp³-hybridized carbons (Fsp3) is 0.133. The predicted molar refractivity (Wildman–Crippen MR) is 78.4 cm³/mol. The molecule has 0 saturated heterocycles. The molecule has 2 aromatic carbocycles. The highest BCUT2D eigenvalue weighted by Crippen LogP contribution is 2.23. The van der Waals surface area contributed by atoms with Crippen LogP contribution in [0.2, 0.25) is 5.02 Å². The highest BCUT2D eigenvalue weighted by molar-refractivity contribution is 6.33. The van der Waals surface area contributed by atoms with Crippen LogP contribution in [0.15, 0.2) is 36.4 Å². The fourth-order valence-corrected chi connectivity index (χ4v) is 2.01. The highest BCUT2D eigenvalue weighted by atomic mass is 35.5. The van der Waals surface area contributed by atoms with Gasteiger partial charge in [0, 0.05) is 17.7 Å². The molecule has 0 unspecified atom stereocenters. The third-order valence-corrected chi connectivity index (χ3v) is 3.25. The molecule has 104 valence electrons. The van der Waals surface area contributed by atoms with Crippen LogP contribution in [0, 0.1) is 12.7 Å². The predicted octanol–water partition coefficient (Wildman–Crippen LogP) is 3.50. The van der Waals surface area contributed by atoms with Gasteiger partial charge in [-0.05, 0) is 42.8 Å². The van der Waals surface area contributed by atoms with Crippen LogP contribution in [0.25, 0.3) is 0 Å². The van der Waals surface area contributed by atoms with Crippen molar-refractivity contribution in [3.8, 4) is 0 Å². The first-order valence-electron chi connectivity index (χ1n) is 6.05. The summed E-state index contributed by atoms with van der Waals surface area (Å²) in [7, 11) is 0. The maximum atomic E-state index is 13.7. The first kappa shape index (κ1) is 14.3. The smallest absolute Gasteiger partial charge is 0.248 e. The Balaban J connectivity index is 2.20. The molecular weight excluding hydrogens is 279 g/mol. The van der Waals surface area contributed by atoms with Crippen LogP contribution in [0.5, 0.6) is 0 Å². The molecule has 3 nitrogen and oxygen atoms in total. The quantitative estimate of drug-likeness (QED) is 0.906. The van der Waals surface area contributed by atoms with Gasteiger partial charge in [0.2, 0.25) is 5.91 Å². The van der Waals surface area contributed by atoms with E-state index in [-0.39, 0.29) is 12.1 Å². The lowest BCUT2D eigenvalue weighted by atomic mass is 10.1. The van der Waals surface area contributed by atoms with Gasteiger partial charge in [0.05, 0.1) is 10.7 Å². The second-order valence-corrected chi connectivity index (χ2v) is 4.91. The molecule has 20 heavy (non-hydrogen) atoms. The van der Waals surface area contributed by atoms with E-state index in [1.807, 2.05) is 19.1 Å². The summed E-state index contributed by atoms with van der Waals surface area (Å²) in [6.45, 7) is 2.16. The van der Waals surface area contributed by atoms with Gasteiger partial charge in [-0.25, -0.2) is 4.39 Å². The van der Waals surface area contributed by atoms with Gasteiger partial charge in [-0.15, -0.1) is 0 Å². The SMILES string of the molecule is Cc1ccc(Cl)c(NCc2cc(C(N)=O)ccc2F)c1. The molecule has 0 aromatic heterocycles. The Morgan fingerprint density at radius 3 is 2.75 bits per heavy atom. The Morgan fingerprint density at radius 1 is 1.30 bits per heavy atom. The molecule has 0 radical (unpaired) electrons. The summed E-state index contributed by atoms with van der Waals surface area (Å²) in [6, 6.07) is 9.57. The summed E-state index contributed by atoms with van der Waals surface area (Å²) in [5, 5.41) is 3.61. The lowest BCUT2D eigenvalue weighted by Crippen LogP contribution is -2.12. The summed E-state index contributed by atoms with van der Waals surface area (Å²) >= 11 is 6.05. The van der Waals surface area contributed by atoms with E-state index in [2.05, 4.69) is 5.32 Å². The van der Waals surface area contributed by atoms with Gasteiger partial charge in [0.25, 0.3) is 0 Å². The monoisotopic (exact) mass is 292 g/mol. The van der Waals surface area contributed by atoms with E-state index in [1.54, 1.807) is 6.07 Å². The Kier molecular flexibility index (Phi) is 4.25. The van der Waals surface area contributed by atoms with E-state index < -0.39 is 11.7 Å². The minimum Gasteiger partial charge on any atom is -0.380 e. The maximum Gasteiger partial charge on any atom is 0.248 e. The number of amides is 1. The zero-order valence-electron chi connectivity index (χ0n) is 10.9. The van der Waals surface area contributed by atoms with E-state index in [0.717, 1.165) is 11.3 Å². The number of anilines is 1. The van der Waals surface area contributed by atoms with Crippen molar-refractivity contribution >= 4 is 23.2 Å². The molecule has 0 spiro atoms. The number of hydrogen-bond acceptors (Lipinski definition) is 2. The van der Waals surface area contributed by atoms with Gasteiger partial charge < -0.3 is 11.1 Å². The molecule has 2 aromatic rings. The topological polar surface area (TPSA) is 55.1 Å². The van der Waals surface area contributed by atoms with E-state index in [0.29, 0.717) is 10.6 Å². The fourth-order valence-electron chi connectivity index (χ4n) is 1.83. The van der Waals surface area contributed by atoms with Crippen molar-refractivity contribution < 1.29 is 9.18 Å². The number of benzene rings is 2. The highest BCUT2D eigenvalue weighted by Gasteiger charge is 2.08. The summed E-state index contributed by atoms with van der Waals surface area (Å²) in [4.78, 5) is 11.1. The first-order chi connectivity index (χ1) is 9.47. The number of nitrogens with two attached hydrogens (primary N) is 1. The lowest BCUT2D eigenvalue weighted by Gasteiger charge is -2.10. The van der Waals surface area contributed by atoms with Crippen molar-refractivity contribution in [1.82, 2.24) is 0 Å². The van der Waals surface area contributed by atoms with Crippen LogP contribution in [0.1, 0.15) is 21.5 Å². The van der Waals surface area contributed by atoms with E-state index in [9.17, 15) is 9.18 Å². The molecular formula is C15H14ClFN2O. The molecule has 0 saturated carbocycles. The minimum atomic E-state index is -0.583. The molecule has 0 bridgehead atoms. The summed E-state index contributed by atoms with van der Waals surface area (Å²) in [5.74, 6) is -0.980. The number of rotatable bonds is 4. The van der Waals surface area contributed by atoms with E-state index >= 15 is 0 Å². The average Bonchev–Trinajstić information content (AvgIpc) is 2.41. The van der Waals surface area contributed by atoms with Crippen LogP contribution in [-0.2, 0) is 6.54 Å². The Morgan fingerprint density at radius 2 is 2.05 bits per heavy atom. The molecule has 1 amide bonds. The number of nitrogens with one attached hydrogen (secondary N) is 1. The van der Waals surface area contributed by atoms with Crippen LogP contribution in [0.3, 0.4) is 0 Å². The van der Waals surface area contributed by atoms with Crippen LogP contribution in [0.4, 0.5) is 10.1 Å². The average molecular weight is 293 g/mol. The molecule has 5 heteroatoms. The van der Waals surface area contributed by atoms with Gasteiger partial charge in [-0.2, -0.15) is 0 Å². The van der Waals surface area contributed by atoms with Crippen molar-refractivity contribution in [2.45, 2.75) is 13.5 Å². The van der Waals surface area contributed by atoms with Gasteiger partial charge in [0.1, 0.15) is 5.82 Å². The van der Waals surface area contributed by atoms with Gasteiger partial charge in [-0.3, -0.25) is 4.79 Å². The summed E-state index contributed by atoms with van der Waals surface area (Å²) in [5.41, 5.74) is 7.58. The lowest BCUT2D eigenvalue weighted by molar-refractivity contribution is 0.1000. The second-order valence-electron chi connectivity index (χ2n) is 4.51.